The molecule has 2 rings (SSSR count). The van der Waals surface area contributed by atoms with E-state index in [1.807, 2.05) is 24.4 Å². The molecule has 0 spiro atoms. The molecule has 20 heavy (non-hydrogen) atoms. The molecule has 1 aromatic heterocycles. The number of oxime groups is 1. The third-order valence-corrected chi connectivity index (χ3v) is 4.19. The molecule has 0 aliphatic rings. The van der Waals surface area contributed by atoms with Gasteiger partial charge in [-0.05, 0) is 37.4 Å². The summed E-state index contributed by atoms with van der Waals surface area (Å²) in [5.74, 6) is 0. The van der Waals surface area contributed by atoms with E-state index >= 15 is 0 Å². The quantitative estimate of drug-likeness (QED) is 0.386. The summed E-state index contributed by atoms with van der Waals surface area (Å²) < 4.78 is 29.6. The molecule has 0 aliphatic heterocycles. The summed E-state index contributed by atoms with van der Waals surface area (Å²) in [6.07, 6.45) is 0. The van der Waals surface area contributed by atoms with Gasteiger partial charge in [-0.1, -0.05) is 28.9 Å². The lowest BCUT2D eigenvalue weighted by atomic mass is 10.2. The van der Waals surface area contributed by atoms with Crippen LogP contribution in [0.4, 0.5) is 0 Å². The average Bonchev–Trinajstić information content (AvgIpc) is 2.92. The van der Waals surface area contributed by atoms with E-state index in [0.717, 1.165) is 10.4 Å². The van der Waals surface area contributed by atoms with Crippen molar-refractivity contribution in [2.45, 2.75) is 18.7 Å². The summed E-state index contributed by atoms with van der Waals surface area (Å²) in [7, 11) is -4.02. The molecule has 108 valence electrons. The highest BCUT2D eigenvalue weighted by Gasteiger charge is 2.06. The van der Waals surface area contributed by atoms with Crippen LogP contribution in [0.3, 0.4) is 0 Å². The molecule has 0 unspecified atom stereocenters. The summed E-state index contributed by atoms with van der Waals surface area (Å²) in [5.41, 5.74) is 1.63. The third kappa shape index (κ3) is 5.12. The first-order valence-corrected chi connectivity index (χ1v) is 7.93. The van der Waals surface area contributed by atoms with Gasteiger partial charge >= 0.3 is 0 Å². The third-order valence-electron chi connectivity index (χ3n) is 2.35. The SMILES string of the molecule is C/C(=N\O)c1cccs1.Cc1ccc(S(=O)(=O)O)cc1. The normalized spacial score (nSPS) is 11.7. The Balaban J connectivity index is 0.000000204. The van der Waals surface area contributed by atoms with Gasteiger partial charge < -0.3 is 5.21 Å². The summed E-state index contributed by atoms with van der Waals surface area (Å²) in [6.45, 7) is 3.61. The second-order valence-electron chi connectivity index (χ2n) is 3.95. The molecular formula is C13H15NO4S2. The van der Waals surface area contributed by atoms with E-state index in [9.17, 15) is 8.42 Å². The van der Waals surface area contributed by atoms with Crippen molar-refractivity contribution < 1.29 is 18.2 Å². The molecular weight excluding hydrogens is 298 g/mol. The van der Waals surface area contributed by atoms with Crippen molar-refractivity contribution in [3.63, 3.8) is 0 Å². The van der Waals surface area contributed by atoms with E-state index in [0.29, 0.717) is 5.71 Å². The largest absolute Gasteiger partial charge is 0.411 e. The van der Waals surface area contributed by atoms with Crippen molar-refractivity contribution in [1.82, 2.24) is 0 Å². The van der Waals surface area contributed by atoms with Gasteiger partial charge in [-0.25, -0.2) is 0 Å². The van der Waals surface area contributed by atoms with Gasteiger partial charge in [0, 0.05) is 0 Å². The maximum absolute atomic E-state index is 10.5. The summed E-state index contributed by atoms with van der Waals surface area (Å²) in [5, 5.41) is 13.3. The first-order chi connectivity index (χ1) is 9.34. The Morgan fingerprint density at radius 2 is 1.80 bits per heavy atom. The summed E-state index contributed by atoms with van der Waals surface area (Å²) in [6, 6.07) is 9.83. The number of aryl methyl sites for hydroxylation is 1. The Morgan fingerprint density at radius 3 is 2.20 bits per heavy atom. The van der Waals surface area contributed by atoms with Crippen molar-refractivity contribution in [3.8, 4) is 0 Å². The van der Waals surface area contributed by atoms with Crippen LogP contribution in [0.2, 0.25) is 0 Å². The topological polar surface area (TPSA) is 87.0 Å². The first kappa shape index (κ1) is 16.4. The standard InChI is InChI=1S/C7H8O3S.C6H7NOS/c1-6-2-4-7(5-3-6)11(8,9)10;1-5(7-8)6-3-2-4-9-6/h2-5H,1H3,(H,8,9,10);2-4,8H,1H3/b;7-5+. The van der Waals surface area contributed by atoms with Crippen molar-refractivity contribution in [2.75, 3.05) is 0 Å². The van der Waals surface area contributed by atoms with Crippen molar-refractivity contribution in [2.24, 2.45) is 5.16 Å². The Hall–Kier alpha value is -1.70. The second-order valence-corrected chi connectivity index (χ2v) is 6.32. The summed E-state index contributed by atoms with van der Waals surface area (Å²) >= 11 is 1.56. The van der Waals surface area contributed by atoms with E-state index in [1.165, 1.54) is 12.1 Å². The van der Waals surface area contributed by atoms with Gasteiger partial charge in [0.2, 0.25) is 0 Å². The molecule has 1 heterocycles. The van der Waals surface area contributed by atoms with Crippen LogP contribution in [0.5, 0.6) is 0 Å². The lowest BCUT2D eigenvalue weighted by molar-refractivity contribution is 0.319. The van der Waals surface area contributed by atoms with Gasteiger partial charge in [0.05, 0.1) is 15.5 Å². The minimum Gasteiger partial charge on any atom is -0.411 e. The van der Waals surface area contributed by atoms with Crippen LogP contribution in [0.1, 0.15) is 17.4 Å². The fourth-order valence-electron chi connectivity index (χ4n) is 1.24. The predicted molar refractivity (Wildman–Crippen MR) is 79.3 cm³/mol. The van der Waals surface area contributed by atoms with Crippen LogP contribution >= 0.6 is 11.3 Å². The lowest BCUT2D eigenvalue weighted by Crippen LogP contribution is -1.96. The molecule has 1 aromatic carbocycles. The zero-order valence-electron chi connectivity index (χ0n) is 11.0. The smallest absolute Gasteiger partial charge is 0.294 e. The molecule has 5 nitrogen and oxygen atoms in total. The van der Waals surface area contributed by atoms with E-state index < -0.39 is 10.1 Å². The molecule has 0 amide bonds. The second kappa shape index (κ2) is 7.18. The van der Waals surface area contributed by atoms with Gasteiger partial charge in [-0.2, -0.15) is 8.42 Å². The minimum atomic E-state index is -4.02. The van der Waals surface area contributed by atoms with Crippen molar-refractivity contribution >= 4 is 27.2 Å². The van der Waals surface area contributed by atoms with E-state index in [4.69, 9.17) is 9.76 Å². The average molecular weight is 313 g/mol. The zero-order chi connectivity index (χ0) is 15.2. The first-order valence-electron chi connectivity index (χ1n) is 5.61. The molecule has 0 fully saturated rings. The Kier molecular flexibility index (Phi) is 5.87. The van der Waals surface area contributed by atoms with Gasteiger partial charge in [0.25, 0.3) is 10.1 Å². The van der Waals surface area contributed by atoms with E-state index in [1.54, 1.807) is 30.4 Å². The van der Waals surface area contributed by atoms with Crippen molar-refractivity contribution in [1.29, 1.82) is 0 Å². The predicted octanol–water partition coefficient (Wildman–Crippen LogP) is 3.19. The molecule has 0 saturated heterocycles. The van der Waals surface area contributed by atoms with Gasteiger partial charge in [-0.15, -0.1) is 11.3 Å². The molecule has 0 aliphatic carbocycles. The number of benzene rings is 1. The molecule has 0 bridgehead atoms. The monoisotopic (exact) mass is 313 g/mol. The summed E-state index contributed by atoms with van der Waals surface area (Å²) in [4.78, 5) is 0.945. The van der Waals surface area contributed by atoms with Crippen LogP contribution < -0.4 is 0 Å². The lowest BCUT2D eigenvalue weighted by Gasteiger charge is -1.95. The number of thiophene rings is 1. The zero-order valence-corrected chi connectivity index (χ0v) is 12.6. The molecule has 0 radical (unpaired) electrons. The number of nitrogens with zero attached hydrogens (tertiary/aromatic N) is 1. The van der Waals surface area contributed by atoms with Crippen LogP contribution in [0, 0.1) is 6.92 Å². The van der Waals surface area contributed by atoms with E-state index in [-0.39, 0.29) is 4.90 Å². The molecule has 7 heteroatoms. The fourth-order valence-corrected chi connectivity index (χ4v) is 2.40. The Morgan fingerprint density at radius 1 is 1.20 bits per heavy atom. The Labute approximate surface area is 122 Å². The molecule has 2 aromatic rings. The fraction of sp³-hybridized carbons (Fsp3) is 0.154. The molecule has 0 atom stereocenters. The van der Waals surface area contributed by atoms with Crippen LogP contribution in [0.15, 0.2) is 51.8 Å². The highest BCUT2D eigenvalue weighted by molar-refractivity contribution is 7.85. The number of rotatable bonds is 2. The van der Waals surface area contributed by atoms with Gasteiger partial charge in [0.1, 0.15) is 0 Å². The highest BCUT2D eigenvalue weighted by Crippen LogP contribution is 2.09. The number of hydrogen-bond acceptors (Lipinski definition) is 5. The van der Waals surface area contributed by atoms with Crippen molar-refractivity contribution in [3.05, 3.63) is 52.2 Å². The highest BCUT2D eigenvalue weighted by atomic mass is 32.2. The minimum absolute atomic E-state index is 0.0666. The Bertz CT molecular complexity index is 659. The van der Waals surface area contributed by atoms with Crippen LogP contribution in [-0.4, -0.2) is 23.9 Å². The number of hydrogen-bond donors (Lipinski definition) is 2. The maximum Gasteiger partial charge on any atom is 0.294 e. The molecule has 0 saturated carbocycles. The van der Waals surface area contributed by atoms with Gasteiger partial charge in [0.15, 0.2) is 0 Å². The van der Waals surface area contributed by atoms with Gasteiger partial charge in [-0.3, -0.25) is 4.55 Å². The maximum atomic E-state index is 10.5. The van der Waals surface area contributed by atoms with Crippen LogP contribution in [-0.2, 0) is 10.1 Å². The van der Waals surface area contributed by atoms with E-state index in [2.05, 4.69) is 5.16 Å². The molecule has 2 N–H and O–H groups in total. The van der Waals surface area contributed by atoms with Crippen LogP contribution in [0.25, 0.3) is 0 Å².